The summed E-state index contributed by atoms with van der Waals surface area (Å²) in [5.74, 6) is 0.595. The van der Waals surface area contributed by atoms with Gasteiger partial charge in [-0.3, -0.25) is 14.9 Å². The Morgan fingerprint density at radius 1 is 1.12 bits per heavy atom. The highest BCUT2D eigenvalue weighted by Crippen LogP contribution is 2.25. The molecule has 3 rings (SSSR count). The van der Waals surface area contributed by atoms with E-state index in [0.29, 0.717) is 31.7 Å². The minimum atomic E-state index is -0.479. The van der Waals surface area contributed by atoms with Crippen molar-refractivity contribution in [2.45, 2.75) is 6.92 Å². The number of pyridine rings is 1. The summed E-state index contributed by atoms with van der Waals surface area (Å²) in [6.45, 7) is 3.99. The Kier molecular flexibility index (Phi) is 4.41. The highest BCUT2D eigenvalue weighted by atomic mass is 16.6. The molecule has 7 heteroatoms. The molecule has 1 aliphatic heterocycles. The number of nitro groups is 1. The first-order chi connectivity index (χ1) is 11.6. The molecule has 1 aliphatic rings. The van der Waals surface area contributed by atoms with E-state index in [4.69, 9.17) is 0 Å². The van der Waals surface area contributed by atoms with E-state index in [1.54, 1.807) is 30.2 Å². The molecule has 2 aromatic rings. The highest BCUT2D eigenvalue weighted by molar-refractivity contribution is 5.98. The molecule has 0 radical (unpaired) electrons. The maximum atomic E-state index is 12.7. The van der Waals surface area contributed by atoms with Gasteiger partial charge < -0.3 is 9.80 Å². The quantitative estimate of drug-likeness (QED) is 0.638. The number of carbonyl (C=O) groups is 1. The zero-order chi connectivity index (χ0) is 17.1. The van der Waals surface area contributed by atoms with Gasteiger partial charge in [-0.05, 0) is 25.1 Å². The maximum Gasteiger partial charge on any atom is 0.285 e. The van der Waals surface area contributed by atoms with Gasteiger partial charge in [0.1, 0.15) is 11.4 Å². The summed E-state index contributed by atoms with van der Waals surface area (Å²) in [5, 5.41) is 11.3. The summed E-state index contributed by atoms with van der Waals surface area (Å²) in [6.07, 6.45) is 1.74. The summed E-state index contributed by atoms with van der Waals surface area (Å²) < 4.78 is 0. The molecule has 7 nitrogen and oxygen atoms in total. The van der Waals surface area contributed by atoms with Gasteiger partial charge in [0.05, 0.1) is 4.92 Å². The van der Waals surface area contributed by atoms with Gasteiger partial charge in [-0.15, -0.1) is 0 Å². The number of hydrogen-bond donors (Lipinski definition) is 0. The topological polar surface area (TPSA) is 79.6 Å². The molecule has 1 amide bonds. The first-order valence-corrected chi connectivity index (χ1v) is 7.77. The van der Waals surface area contributed by atoms with Crippen LogP contribution >= 0.6 is 0 Å². The summed E-state index contributed by atoms with van der Waals surface area (Å²) in [4.78, 5) is 31.6. The van der Waals surface area contributed by atoms with Crippen molar-refractivity contribution in [2.75, 3.05) is 31.1 Å². The lowest BCUT2D eigenvalue weighted by atomic mass is 10.1. The number of hydrogen-bond acceptors (Lipinski definition) is 5. The van der Waals surface area contributed by atoms with Gasteiger partial charge in [-0.25, -0.2) is 4.98 Å². The van der Waals surface area contributed by atoms with Gasteiger partial charge >= 0.3 is 0 Å². The van der Waals surface area contributed by atoms with Gasteiger partial charge in [0, 0.05) is 37.9 Å². The van der Waals surface area contributed by atoms with Gasteiger partial charge in [0.15, 0.2) is 0 Å². The number of para-hydroxylation sites is 1. The predicted octanol–water partition coefficient (Wildman–Crippen LogP) is 2.26. The number of aryl methyl sites for hydroxylation is 1. The molecule has 0 unspecified atom stereocenters. The lowest BCUT2D eigenvalue weighted by Gasteiger charge is -2.35. The molecule has 24 heavy (non-hydrogen) atoms. The van der Waals surface area contributed by atoms with E-state index in [9.17, 15) is 14.9 Å². The van der Waals surface area contributed by atoms with Crippen LogP contribution in [0.5, 0.6) is 0 Å². The van der Waals surface area contributed by atoms with Gasteiger partial charge in [0.25, 0.3) is 11.6 Å². The Balaban J connectivity index is 1.75. The average molecular weight is 326 g/mol. The SMILES string of the molecule is Cc1cccc(C(=O)N2CCN(c3ccccn3)CC2)c1[N+](=O)[O-]. The third-order valence-corrected chi connectivity index (χ3v) is 4.19. The third kappa shape index (κ3) is 3.05. The second-order valence-corrected chi connectivity index (χ2v) is 5.70. The first-order valence-electron chi connectivity index (χ1n) is 7.77. The molecule has 0 spiro atoms. The van der Waals surface area contributed by atoms with Gasteiger partial charge in [-0.1, -0.05) is 18.2 Å². The van der Waals surface area contributed by atoms with E-state index in [1.165, 1.54) is 6.07 Å². The van der Waals surface area contributed by atoms with E-state index < -0.39 is 4.92 Å². The van der Waals surface area contributed by atoms with Gasteiger partial charge in [-0.2, -0.15) is 0 Å². The van der Waals surface area contributed by atoms with Crippen molar-refractivity contribution in [3.05, 3.63) is 63.8 Å². The van der Waals surface area contributed by atoms with Crippen molar-refractivity contribution in [2.24, 2.45) is 0 Å². The number of amides is 1. The number of benzene rings is 1. The molecule has 1 aromatic heterocycles. The zero-order valence-corrected chi connectivity index (χ0v) is 13.4. The van der Waals surface area contributed by atoms with Crippen LogP contribution in [0.4, 0.5) is 11.5 Å². The van der Waals surface area contributed by atoms with Crippen LogP contribution in [0.3, 0.4) is 0 Å². The van der Waals surface area contributed by atoms with Crippen molar-refractivity contribution in [3.63, 3.8) is 0 Å². The Labute approximate surface area is 139 Å². The molecule has 124 valence electrons. The average Bonchev–Trinajstić information content (AvgIpc) is 2.61. The van der Waals surface area contributed by atoms with Crippen LogP contribution in [-0.2, 0) is 0 Å². The maximum absolute atomic E-state index is 12.7. The molecule has 0 atom stereocenters. The fourth-order valence-corrected chi connectivity index (χ4v) is 2.92. The van der Waals surface area contributed by atoms with Crippen molar-refractivity contribution in [1.29, 1.82) is 0 Å². The number of nitro benzene ring substituents is 1. The van der Waals surface area contributed by atoms with E-state index in [2.05, 4.69) is 9.88 Å². The van der Waals surface area contributed by atoms with Crippen LogP contribution in [-0.4, -0.2) is 46.9 Å². The lowest BCUT2D eigenvalue weighted by molar-refractivity contribution is -0.385. The Morgan fingerprint density at radius 2 is 1.88 bits per heavy atom. The van der Waals surface area contributed by atoms with Crippen LogP contribution < -0.4 is 4.90 Å². The predicted molar refractivity (Wildman–Crippen MR) is 90.2 cm³/mol. The van der Waals surface area contributed by atoms with Crippen LogP contribution in [0.1, 0.15) is 15.9 Å². The number of anilines is 1. The highest BCUT2D eigenvalue weighted by Gasteiger charge is 2.28. The largest absolute Gasteiger partial charge is 0.353 e. The Hall–Kier alpha value is -2.96. The summed E-state index contributed by atoms with van der Waals surface area (Å²) in [5.41, 5.74) is 0.555. The number of piperazine rings is 1. The normalized spacial score (nSPS) is 14.5. The van der Waals surface area contributed by atoms with E-state index in [-0.39, 0.29) is 17.2 Å². The van der Waals surface area contributed by atoms with Crippen LogP contribution in [0.25, 0.3) is 0 Å². The number of nitrogens with zero attached hydrogens (tertiary/aromatic N) is 4. The summed E-state index contributed by atoms with van der Waals surface area (Å²) >= 11 is 0. The lowest BCUT2D eigenvalue weighted by Crippen LogP contribution is -2.49. The number of carbonyl (C=O) groups excluding carboxylic acids is 1. The van der Waals surface area contributed by atoms with Crippen LogP contribution in [0.15, 0.2) is 42.6 Å². The monoisotopic (exact) mass is 326 g/mol. The Bertz CT molecular complexity index is 756. The smallest absolute Gasteiger partial charge is 0.285 e. The third-order valence-electron chi connectivity index (χ3n) is 4.19. The number of rotatable bonds is 3. The molecule has 1 fully saturated rings. The molecular weight excluding hydrogens is 308 g/mol. The van der Waals surface area contributed by atoms with Crippen LogP contribution in [0, 0.1) is 17.0 Å². The fraction of sp³-hybridized carbons (Fsp3) is 0.294. The molecule has 0 N–H and O–H groups in total. The second kappa shape index (κ2) is 6.66. The van der Waals surface area contributed by atoms with E-state index in [0.717, 1.165) is 5.82 Å². The van der Waals surface area contributed by atoms with E-state index >= 15 is 0 Å². The second-order valence-electron chi connectivity index (χ2n) is 5.70. The van der Waals surface area contributed by atoms with Crippen molar-refractivity contribution < 1.29 is 9.72 Å². The molecule has 2 heterocycles. The summed E-state index contributed by atoms with van der Waals surface area (Å²) in [7, 11) is 0. The molecule has 1 aromatic carbocycles. The van der Waals surface area contributed by atoms with Crippen LogP contribution in [0.2, 0.25) is 0 Å². The van der Waals surface area contributed by atoms with Crippen molar-refractivity contribution in [3.8, 4) is 0 Å². The first kappa shape index (κ1) is 15.9. The molecule has 1 saturated heterocycles. The number of aromatic nitrogens is 1. The summed E-state index contributed by atoms with van der Waals surface area (Å²) in [6, 6.07) is 10.6. The minimum absolute atomic E-state index is 0.102. The Morgan fingerprint density at radius 3 is 2.50 bits per heavy atom. The molecular formula is C17H18N4O3. The van der Waals surface area contributed by atoms with Gasteiger partial charge in [0.2, 0.25) is 0 Å². The molecule has 0 bridgehead atoms. The van der Waals surface area contributed by atoms with E-state index in [1.807, 2.05) is 18.2 Å². The zero-order valence-electron chi connectivity index (χ0n) is 13.4. The standard InChI is InChI=1S/C17H18N4O3/c1-13-5-4-6-14(16(13)21(23)24)17(22)20-11-9-19(10-12-20)15-7-2-3-8-18-15/h2-8H,9-12H2,1H3. The van der Waals surface area contributed by atoms with Crippen molar-refractivity contribution >= 4 is 17.4 Å². The fourth-order valence-electron chi connectivity index (χ4n) is 2.92. The molecule has 0 aliphatic carbocycles. The van der Waals surface area contributed by atoms with Crippen molar-refractivity contribution in [1.82, 2.24) is 9.88 Å². The minimum Gasteiger partial charge on any atom is -0.353 e. The molecule has 0 saturated carbocycles.